The van der Waals surface area contributed by atoms with Crippen LogP contribution in [0.2, 0.25) is 0 Å². The zero-order valence-corrected chi connectivity index (χ0v) is 17.3. The fourth-order valence-electron chi connectivity index (χ4n) is 4.05. The molecule has 27 heavy (non-hydrogen) atoms. The van der Waals surface area contributed by atoms with Gasteiger partial charge in [0.1, 0.15) is 0 Å². The molecule has 2 fully saturated rings. The van der Waals surface area contributed by atoms with Crippen molar-refractivity contribution in [2.75, 3.05) is 19.6 Å². The SMILES string of the molecule is Cc1ccc(S(=O)(=O)N2CCCCC2C)cc1C(=O)NC1CCNCC1C. The van der Waals surface area contributed by atoms with Gasteiger partial charge in [0.25, 0.3) is 5.91 Å². The van der Waals surface area contributed by atoms with E-state index in [1.54, 1.807) is 22.5 Å². The van der Waals surface area contributed by atoms with Crippen molar-refractivity contribution < 1.29 is 13.2 Å². The molecule has 2 saturated heterocycles. The van der Waals surface area contributed by atoms with E-state index in [1.807, 2.05) is 13.8 Å². The molecular formula is C20H31N3O3S. The molecule has 3 unspecified atom stereocenters. The summed E-state index contributed by atoms with van der Waals surface area (Å²) in [6.45, 7) is 8.23. The van der Waals surface area contributed by atoms with E-state index in [0.29, 0.717) is 18.0 Å². The Kier molecular flexibility index (Phi) is 6.23. The van der Waals surface area contributed by atoms with Crippen LogP contribution >= 0.6 is 0 Å². The second-order valence-corrected chi connectivity index (χ2v) is 9.88. The summed E-state index contributed by atoms with van der Waals surface area (Å²) in [6, 6.07) is 5.02. The molecule has 2 aliphatic heterocycles. The lowest BCUT2D eigenvalue weighted by Crippen LogP contribution is -2.48. The first-order chi connectivity index (χ1) is 12.8. The molecular weight excluding hydrogens is 362 g/mol. The molecule has 0 bridgehead atoms. The Balaban J connectivity index is 1.84. The molecule has 2 N–H and O–H groups in total. The van der Waals surface area contributed by atoms with Gasteiger partial charge < -0.3 is 10.6 Å². The lowest BCUT2D eigenvalue weighted by Gasteiger charge is -2.32. The number of hydrogen-bond donors (Lipinski definition) is 2. The Bertz CT molecular complexity index is 794. The number of aryl methyl sites for hydroxylation is 1. The van der Waals surface area contributed by atoms with Crippen molar-refractivity contribution >= 4 is 15.9 Å². The standard InChI is InChI=1S/C20H31N3O3S/c1-14-7-8-17(27(25,26)23-11-5-4-6-16(23)3)12-18(14)20(24)22-19-9-10-21-13-15(19)2/h7-8,12,15-16,19,21H,4-6,9-11,13H2,1-3H3,(H,22,24). The lowest BCUT2D eigenvalue weighted by molar-refractivity contribution is 0.0913. The summed E-state index contributed by atoms with van der Waals surface area (Å²) in [5.74, 6) is 0.166. The number of carbonyl (C=O) groups is 1. The maximum absolute atomic E-state index is 13.1. The molecule has 150 valence electrons. The molecule has 1 amide bonds. The zero-order chi connectivity index (χ0) is 19.6. The molecule has 0 spiro atoms. The molecule has 6 nitrogen and oxygen atoms in total. The smallest absolute Gasteiger partial charge is 0.251 e. The van der Waals surface area contributed by atoms with E-state index in [0.717, 1.165) is 44.3 Å². The second kappa shape index (κ2) is 8.29. The van der Waals surface area contributed by atoms with Gasteiger partial charge >= 0.3 is 0 Å². The number of hydrogen-bond acceptors (Lipinski definition) is 4. The number of amides is 1. The predicted octanol–water partition coefficient (Wildman–Crippen LogP) is 2.29. The minimum Gasteiger partial charge on any atom is -0.349 e. The summed E-state index contributed by atoms with van der Waals surface area (Å²) in [7, 11) is -3.58. The Morgan fingerprint density at radius 3 is 2.70 bits per heavy atom. The number of benzene rings is 1. The van der Waals surface area contributed by atoms with E-state index in [4.69, 9.17) is 0 Å². The average molecular weight is 394 g/mol. The quantitative estimate of drug-likeness (QED) is 0.823. The van der Waals surface area contributed by atoms with E-state index in [1.165, 1.54) is 0 Å². The van der Waals surface area contributed by atoms with Gasteiger partial charge in [-0.25, -0.2) is 8.42 Å². The molecule has 3 atom stereocenters. The maximum atomic E-state index is 13.1. The zero-order valence-electron chi connectivity index (χ0n) is 16.5. The van der Waals surface area contributed by atoms with Crippen molar-refractivity contribution in [1.29, 1.82) is 0 Å². The highest BCUT2D eigenvalue weighted by Gasteiger charge is 2.32. The minimum atomic E-state index is -3.58. The third kappa shape index (κ3) is 4.36. The van der Waals surface area contributed by atoms with Crippen molar-refractivity contribution in [3.05, 3.63) is 29.3 Å². The molecule has 1 aromatic rings. The first-order valence-corrected chi connectivity index (χ1v) is 11.4. The normalized spacial score (nSPS) is 27.3. The minimum absolute atomic E-state index is 0.00193. The lowest BCUT2D eigenvalue weighted by atomic mass is 9.95. The second-order valence-electron chi connectivity index (χ2n) is 7.99. The average Bonchev–Trinajstić information content (AvgIpc) is 2.64. The fraction of sp³-hybridized carbons (Fsp3) is 0.650. The van der Waals surface area contributed by atoms with E-state index in [9.17, 15) is 13.2 Å². The highest BCUT2D eigenvalue weighted by atomic mass is 32.2. The van der Waals surface area contributed by atoms with Crippen LogP contribution in [0.1, 0.15) is 55.5 Å². The molecule has 0 aromatic heterocycles. The van der Waals surface area contributed by atoms with Gasteiger partial charge in [0.2, 0.25) is 10.0 Å². The molecule has 2 heterocycles. The number of carbonyl (C=O) groups excluding carboxylic acids is 1. The van der Waals surface area contributed by atoms with Crippen LogP contribution in [0.3, 0.4) is 0 Å². The monoisotopic (exact) mass is 393 g/mol. The Morgan fingerprint density at radius 2 is 2.00 bits per heavy atom. The molecule has 7 heteroatoms. The third-order valence-corrected chi connectivity index (χ3v) is 7.91. The number of nitrogens with one attached hydrogen (secondary N) is 2. The van der Waals surface area contributed by atoms with Crippen LogP contribution in [0.5, 0.6) is 0 Å². The van der Waals surface area contributed by atoms with Gasteiger partial charge in [-0.1, -0.05) is 19.4 Å². The largest absolute Gasteiger partial charge is 0.349 e. The van der Waals surface area contributed by atoms with Crippen molar-refractivity contribution in [2.24, 2.45) is 5.92 Å². The summed E-state index contributed by atoms with van der Waals surface area (Å²) >= 11 is 0. The predicted molar refractivity (Wildman–Crippen MR) is 106 cm³/mol. The van der Waals surface area contributed by atoms with Crippen molar-refractivity contribution in [3.8, 4) is 0 Å². The van der Waals surface area contributed by atoms with Crippen molar-refractivity contribution in [1.82, 2.24) is 14.9 Å². The van der Waals surface area contributed by atoms with E-state index >= 15 is 0 Å². The van der Waals surface area contributed by atoms with Gasteiger partial charge in [0.05, 0.1) is 4.90 Å². The van der Waals surface area contributed by atoms with Gasteiger partial charge in [-0.05, 0) is 69.8 Å². The van der Waals surface area contributed by atoms with Crippen LogP contribution in [0, 0.1) is 12.8 Å². The van der Waals surface area contributed by atoms with Crippen molar-refractivity contribution in [3.63, 3.8) is 0 Å². The van der Waals surface area contributed by atoms with Gasteiger partial charge in [-0.15, -0.1) is 0 Å². The Hall–Kier alpha value is -1.44. The van der Waals surface area contributed by atoms with Crippen LogP contribution in [0.15, 0.2) is 23.1 Å². The van der Waals surface area contributed by atoms with E-state index in [-0.39, 0.29) is 22.9 Å². The van der Waals surface area contributed by atoms with Crippen LogP contribution in [-0.4, -0.2) is 50.3 Å². The van der Waals surface area contributed by atoms with Gasteiger partial charge in [0.15, 0.2) is 0 Å². The first kappa shape index (κ1) is 20.3. The highest BCUT2D eigenvalue weighted by molar-refractivity contribution is 7.89. The number of sulfonamides is 1. The number of nitrogens with zero attached hydrogens (tertiary/aromatic N) is 1. The third-order valence-electron chi connectivity index (χ3n) is 5.90. The van der Waals surface area contributed by atoms with Gasteiger partial charge in [0, 0.05) is 24.2 Å². The molecule has 1 aromatic carbocycles. The molecule has 0 aliphatic carbocycles. The summed E-state index contributed by atoms with van der Waals surface area (Å²) in [5, 5.41) is 6.43. The fourth-order valence-corrected chi connectivity index (χ4v) is 5.77. The molecule has 0 radical (unpaired) electrons. The Morgan fingerprint density at radius 1 is 1.22 bits per heavy atom. The van der Waals surface area contributed by atoms with Gasteiger partial charge in [-0.3, -0.25) is 4.79 Å². The van der Waals surface area contributed by atoms with Crippen LogP contribution in [0.25, 0.3) is 0 Å². The van der Waals surface area contributed by atoms with Crippen LogP contribution in [0.4, 0.5) is 0 Å². The summed E-state index contributed by atoms with van der Waals surface area (Å²) in [4.78, 5) is 13.1. The first-order valence-electron chi connectivity index (χ1n) is 9.95. The van der Waals surface area contributed by atoms with E-state index in [2.05, 4.69) is 17.6 Å². The maximum Gasteiger partial charge on any atom is 0.251 e. The van der Waals surface area contributed by atoms with E-state index < -0.39 is 10.0 Å². The number of piperidine rings is 2. The highest BCUT2D eigenvalue weighted by Crippen LogP contribution is 2.26. The molecule has 2 aliphatic rings. The summed E-state index contributed by atoms with van der Waals surface area (Å²) in [5.41, 5.74) is 1.24. The topological polar surface area (TPSA) is 78.5 Å². The molecule has 3 rings (SSSR count). The van der Waals surface area contributed by atoms with Crippen LogP contribution in [-0.2, 0) is 10.0 Å². The Labute approximate surface area is 162 Å². The van der Waals surface area contributed by atoms with Gasteiger partial charge in [-0.2, -0.15) is 4.31 Å². The molecule has 0 saturated carbocycles. The summed E-state index contributed by atoms with van der Waals surface area (Å²) in [6.07, 6.45) is 3.71. The van der Waals surface area contributed by atoms with Crippen molar-refractivity contribution in [2.45, 2.75) is 63.4 Å². The number of rotatable bonds is 4. The van der Waals surface area contributed by atoms with Crippen LogP contribution < -0.4 is 10.6 Å². The summed E-state index contributed by atoms with van der Waals surface area (Å²) < 4.78 is 27.8.